The summed E-state index contributed by atoms with van der Waals surface area (Å²) in [6, 6.07) is 74.2. The molecule has 0 unspecified atom stereocenters. The Kier molecular flexibility index (Phi) is 8.05. The first-order valence-electron chi connectivity index (χ1n) is 16.5. The van der Waals surface area contributed by atoms with E-state index in [0.717, 1.165) is 0 Å². The van der Waals surface area contributed by atoms with Crippen LogP contribution in [-0.2, 0) is 0 Å². The molecule has 0 saturated carbocycles. The van der Waals surface area contributed by atoms with Crippen LogP contribution in [0.3, 0.4) is 0 Å². The molecule has 48 heavy (non-hydrogen) atoms. The fourth-order valence-electron chi connectivity index (χ4n) is 6.48. The summed E-state index contributed by atoms with van der Waals surface area (Å²) in [7, 11) is 0. The van der Waals surface area contributed by atoms with Gasteiger partial charge < -0.3 is 0 Å². The lowest BCUT2D eigenvalue weighted by atomic mass is 9.94. The number of benzene rings is 8. The first-order chi connectivity index (χ1) is 23.8. The summed E-state index contributed by atoms with van der Waals surface area (Å²) in [6.07, 6.45) is 0. The highest BCUT2D eigenvalue weighted by molar-refractivity contribution is 5.80. The van der Waals surface area contributed by atoms with Crippen LogP contribution in [0.2, 0.25) is 0 Å². The second-order valence-corrected chi connectivity index (χ2v) is 12.2. The van der Waals surface area contributed by atoms with Crippen LogP contribution in [0, 0.1) is 0 Å². The molecular weight excluding hydrogens is 577 g/mol. The molecule has 0 atom stereocenters. The van der Waals surface area contributed by atoms with Crippen molar-refractivity contribution in [1.82, 2.24) is 0 Å². The monoisotopic (exact) mass is 610 g/mol. The van der Waals surface area contributed by atoms with Gasteiger partial charge >= 0.3 is 0 Å². The Labute approximate surface area is 283 Å². The standard InChI is InChI=1S/C48H34/c1-3-11-35(12-4-1)41-15-7-19-45(31-41)47-21-9-17-43(33-47)39-27-23-37(24-28-39)38-25-29-40(30-26-38)44-18-10-22-48(34-44)46-20-8-16-42(32-46)36-13-5-2-6-14-36/h1-34H. The summed E-state index contributed by atoms with van der Waals surface area (Å²) in [5, 5.41) is 0. The summed E-state index contributed by atoms with van der Waals surface area (Å²) in [5.74, 6) is 0. The van der Waals surface area contributed by atoms with Crippen LogP contribution in [0.15, 0.2) is 206 Å². The first kappa shape index (κ1) is 29.2. The van der Waals surface area contributed by atoms with Gasteiger partial charge in [0.1, 0.15) is 0 Å². The molecule has 0 aromatic heterocycles. The van der Waals surface area contributed by atoms with Crippen molar-refractivity contribution in [2.24, 2.45) is 0 Å². The van der Waals surface area contributed by atoms with Gasteiger partial charge in [-0.1, -0.05) is 182 Å². The number of rotatable bonds is 7. The SMILES string of the molecule is c1ccc(-c2cccc(-c3cccc(-c4ccc(-c5ccc(-c6cccc(-c7cccc(-c8ccccc8)c7)c6)cc5)cc4)c3)c2)cc1. The predicted octanol–water partition coefficient (Wildman–Crippen LogP) is 13.4. The molecule has 0 aliphatic heterocycles. The molecule has 8 rings (SSSR count). The Hall–Kier alpha value is -6.24. The van der Waals surface area contributed by atoms with Crippen LogP contribution in [0.25, 0.3) is 77.9 Å². The molecule has 0 amide bonds. The maximum Gasteiger partial charge on any atom is -0.0178 e. The molecule has 0 spiro atoms. The van der Waals surface area contributed by atoms with Crippen LogP contribution >= 0.6 is 0 Å². The van der Waals surface area contributed by atoms with E-state index >= 15 is 0 Å². The van der Waals surface area contributed by atoms with E-state index in [-0.39, 0.29) is 0 Å². The average Bonchev–Trinajstić information content (AvgIpc) is 3.19. The third kappa shape index (κ3) is 6.25. The van der Waals surface area contributed by atoms with Gasteiger partial charge in [-0.3, -0.25) is 0 Å². The molecule has 0 heterocycles. The molecule has 0 aliphatic carbocycles. The predicted molar refractivity (Wildman–Crippen MR) is 204 cm³/mol. The normalized spacial score (nSPS) is 10.9. The lowest BCUT2D eigenvalue weighted by molar-refractivity contribution is 1.56. The van der Waals surface area contributed by atoms with Crippen molar-refractivity contribution in [3.05, 3.63) is 206 Å². The molecule has 8 aromatic rings. The Morgan fingerprint density at radius 1 is 0.125 bits per heavy atom. The van der Waals surface area contributed by atoms with E-state index in [1.165, 1.54) is 77.9 Å². The van der Waals surface area contributed by atoms with Crippen molar-refractivity contribution in [1.29, 1.82) is 0 Å². The Balaban J connectivity index is 1.00. The summed E-state index contributed by atoms with van der Waals surface area (Å²) >= 11 is 0. The zero-order valence-electron chi connectivity index (χ0n) is 26.6. The average molecular weight is 611 g/mol. The van der Waals surface area contributed by atoms with Gasteiger partial charge in [0.15, 0.2) is 0 Å². The minimum atomic E-state index is 1.21. The smallest absolute Gasteiger partial charge is 0.0178 e. The molecule has 8 aromatic carbocycles. The lowest BCUT2D eigenvalue weighted by Gasteiger charge is -2.10. The summed E-state index contributed by atoms with van der Waals surface area (Å²) in [4.78, 5) is 0. The van der Waals surface area contributed by atoms with Crippen molar-refractivity contribution in [2.75, 3.05) is 0 Å². The molecule has 0 aliphatic rings. The Morgan fingerprint density at radius 2 is 0.292 bits per heavy atom. The fourth-order valence-corrected chi connectivity index (χ4v) is 6.48. The van der Waals surface area contributed by atoms with Crippen molar-refractivity contribution in [2.45, 2.75) is 0 Å². The summed E-state index contributed by atoms with van der Waals surface area (Å²) in [6.45, 7) is 0. The minimum Gasteiger partial charge on any atom is -0.0622 e. The number of hydrogen-bond acceptors (Lipinski definition) is 0. The van der Waals surface area contributed by atoms with Gasteiger partial charge in [-0.25, -0.2) is 0 Å². The third-order valence-corrected chi connectivity index (χ3v) is 9.10. The molecular formula is C48H34. The highest BCUT2D eigenvalue weighted by Crippen LogP contribution is 2.33. The highest BCUT2D eigenvalue weighted by Gasteiger charge is 2.07. The molecule has 0 nitrogen and oxygen atoms in total. The zero-order valence-corrected chi connectivity index (χ0v) is 26.6. The minimum absolute atomic E-state index is 1.21. The summed E-state index contributed by atoms with van der Waals surface area (Å²) < 4.78 is 0. The third-order valence-electron chi connectivity index (χ3n) is 9.10. The summed E-state index contributed by atoms with van der Waals surface area (Å²) in [5.41, 5.74) is 17.1. The van der Waals surface area contributed by atoms with Gasteiger partial charge in [0.2, 0.25) is 0 Å². The van der Waals surface area contributed by atoms with Crippen LogP contribution in [0.4, 0.5) is 0 Å². The first-order valence-corrected chi connectivity index (χ1v) is 16.5. The van der Waals surface area contributed by atoms with Crippen molar-refractivity contribution in [3.8, 4) is 77.9 Å². The maximum absolute atomic E-state index is 2.29. The van der Waals surface area contributed by atoms with Crippen molar-refractivity contribution in [3.63, 3.8) is 0 Å². The molecule has 0 N–H and O–H groups in total. The van der Waals surface area contributed by atoms with E-state index in [1.54, 1.807) is 0 Å². The van der Waals surface area contributed by atoms with Gasteiger partial charge in [0.05, 0.1) is 0 Å². The van der Waals surface area contributed by atoms with Crippen LogP contribution < -0.4 is 0 Å². The highest BCUT2D eigenvalue weighted by atomic mass is 14.1. The zero-order chi connectivity index (χ0) is 32.1. The molecule has 0 radical (unpaired) electrons. The second-order valence-electron chi connectivity index (χ2n) is 12.2. The fraction of sp³-hybridized carbons (Fsp3) is 0. The van der Waals surface area contributed by atoms with Crippen molar-refractivity contribution >= 4 is 0 Å². The Bertz CT molecular complexity index is 2130. The van der Waals surface area contributed by atoms with Gasteiger partial charge in [0, 0.05) is 0 Å². The second kappa shape index (κ2) is 13.2. The van der Waals surface area contributed by atoms with E-state index in [2.05, 4.69) is 206 Å². The molecule has 0 fully saturated rings. The quantitative estimate of drug-likeness (QED) is 0.168. The van der Waals surface area contributed by atoms with Gasteiger partial charge in [-0.2, -0.15) is 0 Å². The lowest BCUT2D eigenvalue weighted by Crippen LogP contribution is -1.85. The molecule has 0 saturated heterocycles. The van der Waals surface area contributed by atoms with Gasteiger partial charge in [-0.15, -0.1) is 0 Å². The maximum atomic E-state index is 2.29. The van der Waals surface area contributed by atoms with Gasteiger partial charge in [-0.05, 0) is 102 Å². The van der Waals surface area contributed by atoms with Crippen LogP contribution in [-0.4, -0.2) is 0 Å². The van der Waals surface area contributed by atoms with E-state index < -0.39 is 0 Å². The van der Waals surface area contributed by atoms with Gasteiger partial charge in [0.25, 0.3) is 0 Å². The van der Waals surface area contributed by atoms with E-state index in [1.807, 2.05) is 0 Å². The Morgan fingerprint density at radius 3 is 0.542 bits per heavy atom. The number of hydrogen-bond donors (Lipinski definition) is 0. The molecule has 226 valence electrons. The van der Waals surface area contributed by atoms with E-state index in [4.69, 9.17) is 0 Å². The molecule has 0 heteroatoms. The van der Waals surface area contributed by atoms with Crippen molar-refractivity contribution < 1.29 is 0 Å². The largest absolute Gasteiger partial charge is 0.0622 e. The van der Waals surface area contributed by atoms with Crippen LogP contribution in [0.1, 0.15) is 0 Å². The van der Waals surface area contributed by atoms with Crippen LogP contribution in [0.5, 0.6) is 0 Å². The topological polar surface area (TPSA) is 0 Å². The van der Waals surface area contributed by atoms with E-state index in [0.29, 0.717) is 0 Å². The molecule has 0 bridgehead atoms. The van der Waals surface area contributed by atoms with E-state index in [9.17, 15) is 0 Å².